The van der Waals surface area contributed by atoms with Crippen molar-refractivity contribution in [2.24, 2.45) is 0 Å². The summed E-state index contributed by atoms with van der Waals surface area (Å²) in [6.45, 7) is 1.82. The number of pyridine rings is 1. The number of hydrogen-bond donors (Lipinski definition) is 1. The molecule has 1 aliphatic heterocycles. The van der Waals surface area contributed by atoms with Crippen molar-refractivity contribution >= 4 is 30.7 Å². The second-order valence-corrected chi connectivity index (χ2v) is 4.80. The molecule has 1 N–H and O–H groups in total. The van der Waals surface area contributed by atoms with Gasteiger partial charge in [0.2, 0.25) is 5.91 Å². The molecule has 1 amide bonds. The number of likely N-dealkylation sites (N-methyl/N-ethyl adjacent to an activating group) is 1. The lowest BCUT2D eigenvalue weighted by Crippen LogP contribution is -2.40. The third kappa shape index (κ3) is 5.27. The van der Waals surface area contributed by atoms with Gasteiger partial charge in [0.1, 0.15) is 0 Å². The Morgan fingerprint density at radius 1 is 1.40 bits per heavy atom. The highest BCUT2D eigenvalue weighted by atomic mass is 35.5. The van der Waals surface area contributed by atoms with E-state index in [0.29, 0.717) is 12.5 Å². The van der Waals surface area contributed by atoms with Gasteiger partial charge in [-0.15, -0.1) is 24.8 Å². The highest BCUT2D eigenvalue weighted by Crippen LogP contribution is 2.18. The Labute approximate surface area is 133 Å². The second-order valence-electron chi connectivity index (χ2n) is 4.80. The summed E-state index contributed by atoms with van der Waals surface area (Å²) >= 11 is 0. The van der Waals surface area contributed by atoms with Crippen molar-refractivity contribution < 1.29 is 4.79 Å². The minimum Gasteiger partial charge on any atom is -0.338 e. The smallest absolute Gasteiger partial charge is 0.223 e. The molecule has 2 heterocycles. The first-order valence-corrected chi connectivity index (χ1v) is 6.64. The molecule has 1 atom stereocenters. The third-order valence-electron chi connectivity index (χ3n) is 3.51. The van der Waals surface area contributed by atoms with E-state index in [1.54, 1.807) is 12.4 Å². The van der Waals surface area contributed by atoms with Crippen LogP contribution in [-0.2, 0) is 11.2 Å². The number of carbonyl (C=O) groups is 1. The molecule has 1 aromatic rings. The van der Waals surface area contributed by atoms with Crippen LogP contribution in [0.15, 0.2) is 24.5 Å². The predicted molar refractivity (Wildman–Crippen MR) is 85.7 cm³/mol. The van der Waals surface area contributed by atoms with Crippen LogP contribution in [0.4, 0.5) is 0 Å². The summed E-state index contributed by atoms with van der Waals surface area (Å²) in [6.07, 6.45) is 7.22. The number of halogens is 2. The van der Waals surface area contributed by atoms with E-state index in [4.69, 9.17) is 0 Å². The summed E-state index contributed by atoms with van der Waals surface area (Å²) in [5.74, 6) is 0.282. The van der Waals surface area contributed by atoms with Crippen LogP contribution in [-0.4, -0.2) is 42.0 Å². The van der Waals surface area contributed by atoms with Crippen molar-refractivity contribution in [2.75, 3.05) is 20.1 Å². The number of likely N-dealkylation sites (tertiary alicyclic amines) is 1. The third-order valence-corrected chi connectivity index (χ3v) is 3.51. The average Bonchev–Trinajstić information content (AvgIpc) is 2.86. The van der Waals surface area contributed by atoms with Crippen LogP contribution >= 0.6 is 24.8 Å². The van der Waals surface area contributed by atoms with Crippen LogP contribution in [0.3, 0.4) is 0 Å². The van der Waals surface area contributed by atoms with Gasteiger partial charge in [0.25, 0.3) is 0 Å². The van der Waals surface area contributed by atoms with Crippen molar-refractivity contribution in [1.82, 2.24) is 15.2 Å². The highest BCUT2D eigenvalue weighted by molar-refractivity contribution is 5.85. The monoisotopic (exact) mass is 319 g/mol. The minimum atomic E-state index is 0. The number of nitrogens with one attached hydrogen (secondary N) is 1. The molecular weight excluding hydrogens is 297 g/mol. The molecule has 1 fully saturated rings. The van der Waals surface area contributed by atoms with E-state index in [-0.39, 0.29) is 30.7 Å². The molecule has 0 aromatic carbocycles. The first kappa shape index (κ1) is 19.2. The lowest BCUT2D eigenvalue weighted by molar-refractivity contribution is -0.131. The molecule has 1 aliphatic rings. The Morgan fingerprint density at radius 2 is 2.10 bits per heavy atom. The Balaban J connectivity index is 0.00000180. The molecule has 1 saturated heterocycles. The van der Waals surface area contributed by atoms with E-state index >= 15 is 0 Å². The summed E-state index contributed by atoms with van der Waals surface area (Å²) in [4.78, 5) is 18.2. The second kappa shape index (κ2) is 9.97. The van der Waals surface area contributed by atoms with Crippen molar-refractivity contribution in [2.45, 2.75) is 31.7 Å². The fourth-order valence-corrected chi connectivity index (χ4v) is 2.56. The van der Waals surface area contributed by atoms with Crippen molar-refractivity contribution in [3.8, 4) is 0 Å². The van der Waals surface area contributed by atoms with Gasteiger partial charge in [-0.3, -0.25) is 9.78 Å². The summed E-state index contributed by atoms with van der Waals surface area (Å²) < 4.78 is 0. The summed E-state index contributed by atoms with van der Waals surface area (Å²) in [5.41, 5.74) is 1.18. The van der Waals surface area contributed by atoms with E-state index in [9.17, 15) is 4.79 Å². The first-order valence-electron chi connectivity index (χ1n) is 6.64. The van der Waals surface area contributed by atoms with Crippen molar-refractivity contribution in [3.63, 3.8) is 0 Å². The molecule has 0 radical (unpaired) electrons. The number of aryl methyl sites for hydroxylation is 1. The van der Waals surface area contributed by atoms with Crippen LogP contribution in [0.2, 0.25) is 0 Å². The molecule has 4 nitrogen and oxygen atoms in total. The molecule has 6 heteroatoms. The van der Waals surface area contributed by atoms with E-state index < -0.39 is 0 Å². The number of amides is 1. The highest BCUT2D eigenvalue weighted by Gasteiger charge is 2.27. The lowest BCUT2D eigenvalue weighted by Gasteiger charge is -2.24. The minimum absolute atomic E-state index is 0. The van der Waals surface area contributed by atoms with Gasteiger partial charge in [-0.2, -0.15) is 0 Å². The Hall–Kier alpha value is -0.840. The lowest BCUT2D eigenvalue weighted by atomic mass is 10.1. The van der Waals surface area contributed by atoms with Crippen LogP contribution in [0.25, 0.3) is 0 Å². The maximum absolute atomic E-state index is 12.2. The number of rotatable bonds is 5. The van der Waals surface area contributed by atoms with E-state index in [2.05, 4.69) is 10.3 Å². The molecular formula is C14H23Cl2N3O. The van der Waals surface area contributed by atoms with Crippen LogP contribution in [0.1, 0.15) is 24.8 Å². The molecule has 1 unspecified atom stereocenters. The van der Waals surface area contributed by atoms with Gasteiger partial charge in [-0.25, -0.2) is 0 Å². The number of nitrogens with zero attached hydrogens (tertiary/aromatic N) is 2. The first-order chi connectivity index (χ1) is 8.81. The SMILES string of the molecule is CNCC1CCCN1C(=O)CCc1ccncc1.Cl.Cl. The number of hydrogen-bond acceptors (Lipinski definition) is 3. The summed E-state index contributed by atoms with van der Waals surface area (Å²) in [5, 5.41) is 3.17. The van der Waals surface area contributed by atoms with Gasteiger partial charge >= 0.3 is 0 Å². The van der Waals surface area contributed by atoms with Crippen molar-refractivity contribution in [3.05, 3.63) is 30.1 Å². The van der Waals surface area contributed by atoms with E-state index in [1.165, 1.54) is 5.56 Å². The maximum Gasteiger partial charge on any atom is 0.223 e. The Bertz CT molecular complexity index is 389. The van der Waals surface area contributed by atoms with Gasteiger partial charge in [-0.1, -0.05) is 0 Å². The summed E-state index contributed by atoms with van der Waals surface area (Å²) in [6, 6.07) is 4.34. The predicted octanol–water partition coefficient (Wildman–Crippen LogP) is 2.07. The summed E-state index contributed by atoms with van der Waals surface area (Å²) in [7, 11) is 1.94. The normalized spacial score (nSPS) is 17.2. The molecule has 1 aromatic heterocycles. The standard InChI is InChI=1S/C14H21N3O.2ClH/c1-15-11-13-3-2-10-17(13)14(18)5-4-12-6-8-16-9-7-12;;/h6-9,13,15H,2-5,10-11H2,1H3;2*1H. The Morgan fingerprint density at radius 3 is 2.75 bits per heavy atom. The molecule has 0 saturated carbocycles. The van der Waals surface area contributed by atoms with E-state index in [0.717, 1.165) is 32.4 Å². The van der Waals surface area contributed by atoms with Gasteiger partial charge in [-0.05, 0) is 44.0 Å². The molecule has 0 aliphatic carbocycles. The van der Waals surface area contributed by atoms with Crippen LogP contribution in [0.5, 0.6) is 0 Å². The van der Waals surface area contributed by atoms with Gasteiger partial charge in [0.05, 0.1) is 0 Å². The largest absolute Gasteiger partial charge is 0.338 e. The fourth-order valence-electron chi connectivity index (χ4n) is 2.56. The molecule has 2 rings (SSSR count). The number of carbonyl (C=O) groups excluding carboxylic acids is 1. The van der Waals surface area contributed by atoms with Crippen LogP contribution in [0, 0.1) is 0 Å². The van der Waals surface area contributed by atoms with Gasteiger partial charge < -0.3 is 10.2 Å². The zero-order valence-corrected chi connectivity index (χ0v) is 13.4. The zero-order valence-electron chi connectivity index (χ0n) is 11.7. The maximum atomic E-state index is 12.2. The molecule has 0 bridgehead atoms. The van der Waals surface area contributed by atoms with Crippen LogP contribution < -0.4 is 5.32 Å². The molecule has 20 heavy (non-hydrogen) atoms. The van der Waals surface area contributed by atoms with Gasteiger partial charge in [0.15, 0.2) is 0 Å². The molecule has 0 spiro atoms. The fraction of sp³-hybridized carbons (Fsp3) is 0.571. The zero-order chi connectivity index (χ0) is 12.8. The van der Waals surface area contributed by atoms with E-state index in [1.807, 2.05) is 24.1 Å². The average molecular weight is 320 g/mol. The van der Waals surface area contributed by atoms with Gasteiger partial charge in [0, 0.05) is 37.9 Å². The topological polar surface area (TPSA) is 45.2 Å². The quantitative estimate of drug-likeness (QED) is 0.903. The Kier molecular flexibility index (Phi) is 9.55. The van der Waals surface area contributed by atoms with Crippen molar-refractivity contribution in [1.29, 1.82) is 0 Å². The number of aromatic nitrogens is 1. The molecule has 114 valence electrons.